The Morgan fingerprint density at radius 2 is 1.56 bits per heavy atom. The summed E-state index contributed by atoms with van der Waals surface area (Å²) >= 11 is 0. The molecule has 0 aliphatic heterocycles. The molecule has 0 unspecified atom stereocenters. The van der Waals surface area contributed by atoms with Crippen molar-refractivity contribution in [2.45, 2.75) is 13.8 Å². The van der Waals surface area contributed by atoms with E-state index in [9.17, 15) is 10.1 Å². The van der Waals surface area contributed by atoms with Crippen LogP contribution in [0.1, 0.15) is 11.1 Å². The van der Waals surface area contributed by atoms with Crippen molar-refractivity contribution in [1.82, 2.24) is 0 Å². The average Bonchev–Trinajstić information content (AvgIpc) is 2.34. The molecule has 0 N–H and O–H groups in total. The van der Waals surface area contributed by atoms with Crippen molar-refractivity contribution in [2.75, 3.05) is 0 Å². The van der Waals surface area contributed by atoms with E-state index >= 15 is 0 Å². The molecule has 0 amide bonds. The van der Waals surface area contributed by atoms with Gasteiger partial charge in [-0.05, 0) is 37.1 Å². The summed E-state index contributed by atoms with van der Waals surface area (Å²) in [6, 6.07) is 12.0. The zero-order chi connectivity index (χ0) is 13.1. The van der Waals surface area contributed by atoms with Gasteiger partial charge in [0.15, 0.2) is 0 Å². The summed E-state index contributed by atoms with van der Waals surface area (Å²) in [5.41, 5.74) is 2.13. The van der Waals surface area contributed by atoms with E-state index in [2.05, 4.69) is 0 Å². The summed E-state index contributed by atoms with van der Waals surface area (Å²) in [6.45, 7) is 3.93. The van der Waals surface area contributed by atoms with Crippen LogP contribution in [0.25, 0.3) is 0 Å². The molecule has 18 heavy (non-hydrogen) atoms. The monoisotopic (exact) mass is 243 g/mol. The molecule has 92 valence electrons. The molecule has 0 aliphatic carbocycles. The Morgan fingerprint density at radius 1 is 1.00 bits per heavy atom. The number of nitro benzene ring substituents is 1. The number of hydrogen-bond donors (Lipinski definition) is 0. The zero-order valence-electron chi connectivity index (χ0n) is 10.2. The highest BCUT2D eigenvalue weighted by Gasteiger charge is 2.07. The molecule has 0 heterocycles. The third-order valence-corrected chi connectivity index (χ3v) is 2.68. The van der Waals surface area contributed by atoms with E-state index in [1.807, 2.05) is 32.0 Å². The van der Waals surface area contributed by atoms with Crippen molar-refractivity contribution >= 4 is 5.69 Å². The lowest BCUT2D eigenvalue weighted by atomic mass is 10.1. The number of ether oxygens (including phenoxy) is 1. The van der Waals surface area contributed by atoms with E-state index in [1.165, 1.54) is 12.1 Å². The van der Waals surface area contributed by atoms with Crippen molar-refractivity contribution in [3.63, 3.8) is 0 Å². The highest BCUT2D eigenvalue weighted by molar-refractivity contribution is 5.44. The number of para-hydroxylation sites is 1. The van der Waals surface area contributed by atoms with E-state index in [-0.39, 0.29) is 5.69 Å². The molecule has 0 aliphatic rings. The molecule has 0 spiro atoms. The van der Waals surface area contributed by atoms with Crippen LogP contribution in [0.15, 0.2) is 42.5 Å². The number of hydrogen-bond acceptors (Lipinski definition) is 3. The van der Waals surface area contributed by atoms with Crippen LogP contribution in [0, 0.1) is 24.0 Å². The number of aryl methyl sites for hydroxylation is 2. The van der Waals surface area contributed by atoms with Gasteiger partial charge >= 0.3 is 0 Å². The molecular weight excluding hydrogens is 230 g/mol. The molecule has 0 saturated carbocycles. The lowest BCUT2D eigenvalue weighted by molar-refractivity contribution is -0.384. The highest BCUT2D eigenvalue weighted by Crippen LogP contribution is 2.29. The number of rotatable bonds is 3. The molecule has 0 fully saturated rings. The third kappa shape index (κ3) is 2.48. The first-order chi connectivity index (χ1) is 8.58. The van der Waals surface area contributed by atoms with Crippen molar-refractivity contribution in [1.29, 1.82) is 0 Å². The molecule has 4 nitrogen and oxygen atoms in total. The van der Waals surface area contributed by atoms with E-state index in [1.54, 1.807) is 12.1 Å². The van der Waals surface area contributed by atoms with Gasteiger partial charge in [0.05, 0.1) is 4.92 Å². The summed E-state index contributed by atoms with van der Waals surface area (Å²) < 4.78 is 5.75. The Kier molecular flexibility index (Phi) is 3.28. The van der Waals surface area contributed by atoms with Crippen molar-refractivity contribution in [3.05, 3.63) is 63.7 Å². The first kappa shape index (κ1) is 12.1. The smallest absolute Gasteiger partial charge is 0.269 e. The molecule has 4 heteroatoms. The lowest BCUT2D eigenvalue weighted by Gasteiger charge is -2.11. The standard InChI is InChI=1S/C14H13NO3/c1-10-4-3-5-11(2)14(10)18-13-8-6-12(7-9-13)15(16)17/h3-9H,1-2H3. The fraction of sp³-hybridized carbons (Fsp3) is 0.143. The second kappa shape index (κ2) is 4.87. The molecular formula is C14H13NO3. The van der Waals surface area contributed by atoms with Crippen LogP contribution >= 0.6 is 0 Å². The van der Waals surface area contributed by atoms with Crippen molar-refractivity contribution in [2.24, 2.45) is 0 Å². The molecule has 0 aromatic heterocycles. The van der Waals surface area contributed by atoms with Gasteiger partial charge in [-0.15, -0.1) is 0 Å². The average molecular weight is 243 g/mol. The predicted molar refractivity (Wildman–Crippen MR) is 69.1 cm³/mol. The SMILES string of the molecule is Cc1cccc(C)c1Oc1ccc([N+](=O)[O-])cc1. The second-order valence-electron chi connectivity index (χ2n) is 4.07. The van der Waals surface area contributed by atoms with E-state index in [4.69, 9.17) is 4.74 Å². The van der Waals surface area contributed by atoms with Gasteiger partial charge in [-0.25, -0.2) is 0 Å². The van der Waals surface area contributed by atoms with Crippen molar-refractivity contribution in [3.8, 4) is 11.5 Å². The number of non-ortho nitro benzene ring substituents is 1. The van der Waals surface area contributed by atoms with Gasteiger partial charge in [0.2, 0.25) is 0 Å². The van der Waals surface area contributed by atoms with E-state index in [0.29, 0.717) is 5.75 Å². The maximum absolute atomic E-state index is 10.5. The summed E-state index contributed by atoms with van der Waals surface area (Å²) in [5, 5.41) is 10.5. The maximum atomic E-state index is 10.5. The Bertz CT molecular complexity index is 556. The molecule has 0 atom stereocenters. The molecule has 0 saturated heterocycles. The van der Waals surface area contributed by atoms with Crippen LogP contribution < -0.4 is 4.74 Å². The fourth-order valence-corrected chi connectivity index (χ4v) is 1.71. The number of nitro groups is 1. The summed E-state index contributed by atoms with van der Waals surface area (Å²) in [4.78, 5) is 10.1. The lowest BCUT2D eigenvalue weighted by Crippen LogP contribution is -1.91. The molecule has 0 bridgehead atoms. The Labute approximate surface area is 105 Å². The predicted octanol–water partition coefficient (Wildman–Crippen LogP) is 4.00. The molecule has 0 radical (unpaired) electrons. The molecule has 2 aromatic rings. The largest absolute Gasteiger partial charge is 0.457 e. The Hall–Kier alpha value is -2.36. The van der Waals surface area contributed by atoms with Crippen LogP contribution in [-0.2, 0) is 0 Å². The third-order valence-electron chi connectivity index (χ3n) is 2.68. The van der Waals surface area contributed by atoms with Crippen LogP contribution in [0.5, 0.6) is 11.5 Å². The van der Waals surface area contributed by atoms with E-state index < -0.39 is 4.92 Å². The topological polar surface area (TPSA) is 52.4 Å². The molecule has 2 rings (SSSR count). The minimum absolute atomic E-state index is 0.0591. The number of benzene rings is 2. The highest BCUT2D eigenvalue weighted by atomic mass is 16.6. The quantitative estimate of drug-likeness (QED) is 0.604. The minimum Gasteiger partial charge on any atom is -0.457 e. The summed E-state index contributed by atoms with van der Waals surface area (Å²) in [6.07, 6.45) is 0. The maximum Gasteiger partial charge on any atom is 0.269 e. The van der Waals surface area contributed by atoms with Gasteiger partial charge in [0, 0.05) is 12.1 Å². The normalized spacial score (nSPS) is 10.1. The second-order valence-corrected chi connectivity index (χ2v) is 4.07. The fourth-order valence-electron chi connectivity index (χ4n) is 1.71. The van der Waals surface area contributed by atoms with Gasteiger partial charge in [-0.3, -0.25) is 10.1 Å². The Morgan fingerprint density at radius 3 is 2.06 bits per heavy atom. The van der Waals surface area contributed by atoms with Crippen LogP contribution in [0.2, 0.25) is 0 Å². The minimum atomic E-state index is -0.428. The first-order valence-corrected chi connectivity index (χ1v) is 5.56. The van der Waals surface area contributed by atoms with Gasteiger partial charge < -0.3 is 4.74 Å². The van der Waals surface area contributed by atoms with Gasteiger partial charge in [0.1, 0.15) is 11.5 Å². The molecule has 2 aromatic carbocycles. The van der Waals surface area contributed by atoms with Crippen LogP contribution in [0.4, 0.5) is 5.69 Å². The van der Waals surface area contributed by atoms with Gasteiger partial charge in [-0.1, -0.05) is 18.2 Å². The van der Waals surface area contributed by atoms with Crippen molar-refractivity contribution < 1.29 is 9.66 Å². The van der Waals surface area contributed by atoms with Gasteiger partial charge in [0.25, 0.3) is 5.69 Å². The zero-order valence-corrected chi connectivity index (χ0v) is 10.2. The van der Waals surface area contributed by atoms with E-state index in [0.717, 1.165) is 16.9 Å². The summed E-state index contributed by atoms with van der Waals surface area (Å²) in [5.74, 6) is 1.39. The number of nitrogens with zero attached hydrogens (tertiary/aromatic N) is 1. The summed E-state index contributed by atoms with van der Waals surface area (Å²) in [7, 11) is 0. The Balaban J connectivity index is 2.26. The van der Waals surface area contributed by atoms with Crippen LogP contribution in [-0.4, -0.2) is 4.92 Å². The van der Waals surface area contributed by atoms with Crippen LogP contribution in [0.3, 0.4) is 0 Å². The first-order valence-electron chi connectivity index (χ1n) is 5.56. The van der Waals surface area contributed by atoms with Gasteiger partial charge in [-0.2, -0.15) is 0 Å².